The summed E-state index contributed by atoms with van der Waals surface area (Å²) < 4.78 is 0. The first-order valence-corrected chi connectivity index (χ1v) is 5.89. The molecule has 1 aromatic rings. The van der Waals surface area contributed by atoms with Crippen LogP contribution in [0.15, 0.2) is 24.3 Å². The molecule has 0 aliphatic heterocycles. The highest BCUT2D eigenvalue weighted by molar-refractivity contribution is 6.30. The van der Waals surface area contributed by atoms with Gasteiger partial charge in [0.2, 0.25) is 0 Å². The van der Waals surface area contributed by atoms with Crippen LogP contribution in [-0.2, 0) is 11.2 Å². The van der Waals surface area contributed by atoms with Gasteiger partial charge in [-0.1, -0.05) is 37.6 Å². The standard InChI is InChI=1S/C13H18ClNO/c1-9(2)6-12(15)13(16)8-10-4-3-5-11(14)7-10/h3-5,7,9,12H,6,8,15H2,1-2H3. The van der Waals surface area contributed by atoms with Crippen molar-refractivity contribution in [3.05, 3.63) is 34.9 Å². The molecule has 0 radical (unpaired) electrons. The number of ketones is 1. The summed E-state index contributed by atoms with van der Waals surface area (Å²) in [4.78, 5) is 11.8. The minimum Gasteiger partial charge on any atom is -0.321 e. The number of nitrogens with two attached hydrogens (primary N) is 1. The smallest absolute Gasteiger partial charge is 0.153 e. The molecular formula is C13H18ClNO. The van der Waals surface area contributed by atoms with Crippen molar-refractivity contribution in [2.75, 3.05) is 0 Å². The monoisotopic (exact) mass is 239 g/mol. The molecule has 88 valence electrons. The zero-order valence-corrected chi connectivity index (χ0v) is 10.5. The molecule has 0 spiro atoms. The van der Waals surface area contributed by atoms with Crippen LogP contribution in [-0.4, -0.2) is 11.8 Å². The van der Waals surface area contributed by atoms with Gasteiger partial charge in [-0.2, -0.15) is 0 Å². The maximum atomic E-state index is 11.8. The molecule has 0 aliphatic rings. The van der Waals surface area contributed by atoms with Crippen LogP contribution < -0.4 is 5.73 Å². The van der Waals surface area contributed by atoms with Gasteiger partial charge < -0.3 is 5.73 Å². The largest absolute Gasteiger partial charge is 0.321 e. The minimum atomic E-state index is -0.362. The number of hydrogen-bond acceptors (Lipinski definition) is 2. The molecule has 2 nitrogen and oxygen atoms in total. The Morgan fingerprint density at radius 2 is 2.12 bits per heavy atom. The minimum absolute atomic E-state index is 0.0796. The van der Waals surface area contributed by atoms with E-state index in [0.717, 1.165) is 12.0 Å². The molecule has 0 aliphatic carbocycles. The second-order valence-corrected chi connectivity index (χ2v) is 4.95. The lowest BCUT2D eigenvalue weighted by Crippen LogP contribution is -2.33. The summed E-state index contributed by atoms with van der Waals surface area (Å²) >= 11 is 5.85. The van der Waals surface area contributed by atoms with Crippen molar-refractivity contribution in [3.63, 3.8) is 0 Å². The second-order valence-electron chi connectivity index (χ2n) is 4.51. The van der Waals surface area contributed by atoms with Gasteiger partial charge in [0, 0.05) is 11.4 Å². The van der Waals surface area contributed by atoms with Crippen LogP contribution in [0, 0.1) is 5.92 Å². The van der Waals surface area contributed by atoms with Gasteiger partial charge in [0.1, 0.15) is 0 Å². The summed E-state index contributed by atoms with van der Waals surface area (Å²) in [6, 6.07) is 6.98. The average molecular weight is 240 g/mol. The maximum Gasteiger partial charge on any atom is 0.153 e. The summed E-state index contributed by atoms with van der Waals surface area (Å²) in [5.74, 6) is 0.522. The summed E-state index contributed by atoms with van der Waals surface area (Å²) in [7, 11) is 0. The molecule has 0 aromatic heterocycles. The SMILES string of the molecule is CC(C)CC(N)C(=O)Cc1cccc(Cl)c1. The molecule has 0 saturated carbocycles. The Morgan fingerprint density at radius 3 is 2.69 bits per heavy atom. The Bertz CT molecular complexity index is 363. The highest BCUT2D eigenvalue weighted by Crippen LogP contribution is 2.13. The maximum absolute atomic E-state index is 11.8. The van der Waals surface area contributed by atoms with Crippen molar-refractivity contribution in [2.24, 2.45) is 11.7 Å². The third-order valence-electron chi connectivity index (χ3n) is 2.41. The van der Waals surface area contributed by atoms with Gasteiger partial charge in [0.25, 0.3) is 0 Å². The third kappa shape index (κ3) is 4.33. The Labute approximate surface area is 102 Å². The highest BCUT2D eigenvalue weighted by Gasteiger charge is 2.15. The van der Waals surface area contributed by atoms with Crippen LogP contribution in [0.4, 0.5) is 0 Å². The van der Waals surface area contributed by atoms with Gasteiger partial charge in [-0.15, -0.1) is 0 Å². The Hall–Kier alpha value is -0.860. The first-order valence-electron chi connectivity index (χ1n) is 5.51. The fraction of sp³-hybridized carbons (Fsp3) is 0.462. The molecule has 0 saturated heterocycles. The van der Waals surface area contributed by atoms with Crippen molar-refractivity contribution < 1.29 is 4.79 Å². The molecule has 1 atom stereocenters. The molecule has 2 N–H and O–H groups in total. The molecule has 0 amide bonds. The van der Waals surface area contributed by atoms with Crippen molar-refractivity contribution in [3.8, 4) is 0 Å². The van der Waals surface area contributed by atoms with E-state index in [1.807, 2.05) is 18.2 Å². The van der Waals surface area contributed by atoms with E-state index in [4.69, 9.17) is 17.3 Å². The molecule has 0 fully saturated rings. The molecule has 1 unspecified atom stereocenters. The van der Waals surface area contributed by atoms with E-state index < -0.39 is 0 Å². The molecule has 3 heteroatoms. The topological polar surface area (TPSA) is 43.1 Å². The van der Waals surface area contributed by atoms with Crippen LogP contribution in [0.2, 0.25) is 5.02 Å². The van der Waals surface area contributed by atoms with E-state index in [-0.39, 0.29) is 11.8 Å². The van der Waals surface area contributed by atoms with E-state index in [1.54, 1.807) is 6.07 Å². The summed E-state index contributed by atoms with van der Waals surface area (Å²) in [5.41, 5.74) is 6.75. The zero-order chi connectivity index (χ0) is 12.1. The molecular weight excluding hydrogens is 222 g/mol. The lowest BCUT2D eigenvalue weighted by atomic mass is 9.97. The van der Waals surface area contributed by atoms with Gasteiger partial charge in [-0.3, -0.25) is 4.79 Å². The number of Topliss-reactive ketones (excluding diaryl/α,β-unsaturated/α-hetero) is 1. The van der Waals surface area contributed by atoms with Crippen molar-refractivity contribution >= 4 is 17.4 Å². The van der Waals surface area contributed by atoms with Gasteiger partial charge in [0.15, 0.2) is 5.78 Å². The zero-order valence-electron chi connectivity index (χ0n) is 9.74. The molecule has 0 bridgehead atoms. The number of carbonyl (C=O) groups excluding carboxylic acids is 1. The molecule has 1 aromatic carbocycles. The lowest BCUT2D eigenvalue weighted by molar-refractivity contribution is -0.120. The van der Waals surface area contributed by atoms with Crippen LogP contribution >= 0.6 is 11.6 Å². The summed E-state index contributed by atoms with van der Waals surface area (Å²) in [6.45, 7) is 4.12. The van der Waals surface area contributed by atoms with E-state index in [9.17, 15) is 4.79 Å². The predicted molar refractivity (Wildman–Crippen MR) is 67.6 cm³/mol. The van der Waals surface area contributed by atoms with Crippen molar-refractivity contribution in [1.29, 1.82) is 0 Å². The van der Waals surface area contributed by atoms with E-state index in [0.29, 0.717) is 17.4 Å². The first kappa shape index (κ1) is 13.2. The predicted octanol–water partition coefficient (Wildman–Crippen LogP) is 2.83. The Balaban J connectivity index is 2.57. The summed E-state index contributed by atoms with van der Waals surface area (Å²) in [6.07, 6.45) is 1.11. The first-order chi connectivity index (χ1) is 7.49. The third-order valence-corrected chi connectivity index (χ3v) is 2.64. The van der Waals surface area contributed by atoms with Crippen LogP contribution in [0.1, 0.15) is 25.8 Å². The number of hydrogen-bond donors (Lipinski definition) is 1. The Kier molecular flexibility index (Phi) is 4.97. The van der Waals surface area contributed by atoms with Crippen LogP contribution in [0.5, 0.6) is 0 Å². The summed E-state index contributed by atoms with van der Waals surface area (Å²) in [5, 5.41) is 0.655. The quantitative estimate of drug-likeness (QED) is 0.859. The molecule has 1 rings (SSSR count). The van der Waals surface area contributed by atoms with E-state index in [2.05, 4.69) is 13.8 Å². The van der Waals surface area contributed by atoms with Crippen LogP contribution in [0.25, 0.3) is 0 Å². The van der Waals surface area contributed by atoms with Gasteiger partial charge in [0.05, 0.1) is 6.04 Å². The second kappa shape index (κ2) is 6.02. The molecule has 16 heavy (non-hydrogen) atoms. The van der Waals surface area contributed by atoms with Gasteiger partial charge in [-0.05, 0) is 30.0 Å². The number of halogens is 1. The molecule has 0 heterocycles. The average Bonchev–Trinajstić information content (AvgIpc) is 2.16. The van der Waals surface area contributed by atoms with Crippen molar-refractivity contribution in [2.45, 2.75) is 32.7 Å². The van der Waals surface area contributed by atoms with Gasteiger partial charge in [-0.25, -0.2) is 0 Å². The number of carbonyl (C=O) groups is 1. The number of rotatable bonds is 5. The fourth-order valence-electron chi connectivity index (χ4n) is 1.62. The lowest BCUT2D eigenvalue weighted by Gasteiger charge is -2.12. The number of benzene rings is 1. The van der Waals surface area contributed by atoms with Crippen molar-refractivity contribution in [1.82, 2.24) is 0 Å². The highest BCUT2D eigenvalue weighted by atomic mass is 35.5. The van der Waals surface area contributed by atoms with E-state index >= 15 is 0 Å². The normalized spacial score (nSPS) is 12.8. The fourth-order valence-corrected chi connectivity index (χ4v) is 1.83. The Morgan fingerprint density at radius 1 is 1.44 bits per heavy atom. The van der Waals surface area contributed by atoms with Crippen LogP contribution in [0.3, 0.4) is 0 Å². The van der Waals surface area contributed by atoms with Gasteiger partial charge >= 0.3 is 0 Å². The van der Waals surface area contributed by atoms with E-state index in [1.165, 1.54) is 0 Å².